The van der Waals surface area contributed by atoms with Crippen LogP contribution in [0, 0.1) is 5.41 Å². The minimum atomic E-state index is -0.490. The highest BCUT2D eigenvalue weighted by atomic mass is 16.5. The van der Waals surface area contributed by atoms with Crippen molar-refractivity contribution in [1.29, 1.82) is 0 Å². The highest BCUT2D eigenvalue weighted by molar-refractivity contribution is 5.81. The zero-order valence-electron chi connectivity index (χ0n) is 10.6. The molecule has 0 rings (SSSR count). The number of nitrogens with one attached hydrogen (secondary N) is 1. The summed E-state index contributed by atoms with van der Waals surface area (Å²) in [5.41, 5.74) is 5.68. The average Bonchev–Trinajstić information content (AvgIpc) is 2.23. The van der Waals surface area contributed by atoms with E-state index in [0.717, 1.165) is 6.42 Å². The van der Waals surface area contributed by atoms with E-state index in [1.807, 2.05) is 0 Å². The van der Waals surface area contributed by atoms with Crippen molar-refractivity contribution < 1.29 is 9.53 Å². The molecule has 1 atom stereocenters. The van der Waals surface area contributed by atoms with Crippen LogP contribution in [0.3, 0.4) is 0 Å². The van der Waals surface area contributed by atoms with E-state index in [4.69, 9.17) is 10.5 Å². The van der Waals surface area contributed by atoms with Crippen molar-refractivity contribution in [2.45, 2.75) is 32.7 Å². The first kappa shape index (κ1) is 15.1. The molecule has 1 unspecified atom stereocenters. The standard InChI is InChI=1S/C12H24N2O2/c1-5-6-10(13)11(15)14-9-12(2,3)7-8-16-4/h5,10H,1,6-9,13H2,2-4H3,(H,14,15). The lowest BCUT2D eigenvalue weighted by Crippen LogP contribution is -2.44. The van der Waals surface area contributed by atoms with Crippen molar-refractivity contribution in [3.8, 4) is 0 Å². The Balaban J connectivity index is 3.93. The largest absolute Gasteiger partial charge is 0.385 e. The van der Waals surface area contributed by atoms with Gasteiger partial charge in [-0.3, -0.25) is 4.79 Å². The molecule has 0 bridgehead atoms. The number of nitrogens with two attached hydrogens (primary N) is 1. The van der Waals surface area contributed by atoms with Crippen LogP contribution in [-0.4, -0.2) is 32.2 Å². The van der Waals surface area contributed by atoms with Crippen LogP contribution in [-0.2, 0) is 9.53 Å². The molecule has 0 aliphatic rings. The van der Waals surface area contributed by atoms with Gasteiger partial charge in [-0.25, -0.2) is 0 Å². The number of carbonyl (C=O) groups is 1. The molecule has 0 saturated carbocycles. The third kappa shape index (κ3) is 6.58. The van der Waals surface area contributed by atoms with Gasteiger partial charge in [-0.1, -0.05) is 19.9 Å². The van der Waals surface area contributed by atoms with E-state index in [1.165, 1.54) is 0 Å². The molecule has 4 heteroatoms. The van der Waals surface area contributed by atoms with Gasteiger partial charge in [0.2, 0.25) is 5.91 Å². The van der Waals surface area contributed by atoms with Gasteiger partial charge in [0.05, 0.1) is 6.04 Å². The lowest BCUT2D eigenvalue weighted by Gasteiger charge is -2.25. The van der Waals surface area contributed by atoms with Crippen molar-refractivity contribution in [3.05, 3.63) is 12.7 Å². The minimum absolute atomic E-state index is 0.0274. The molecule has 3 N–H and O–H groups in total. The number of hydrogen-bond acceptors (Lipinski definition) is 3. The van der Waals surface area contributed by atoms with Crippen LogP contribution in [0.1, 0.15) is 26.7 Å². The normalized spacial score (nSPS) is 13.2. The number of amides is 1. The molecule has 94 valence electrons. The second kappa shape index (κ2) is 7.41. The number of methoxy groups -OCH3 is 1. The molecular formula is C12H24N2O2. The Morgan fingerprint density at radius 2 is 2.25 bits per heavy atom. The fourth-order valence-corrected chi connectivity index (χ4v) is 1.21. The molecule has 4 nitrogen and oxygen atoms in total. The molecule has 0 aromatic rings. The maximum absolute atomic E-state index is 11.5. The SMILES string of the molecule is C=CCC(N)C(=O)NCC(C)(C)CCOC. The van der Waals surface area contributed by atoms with Crippen molar-refractivity contribution in [2.75, 3.05) is 20.3 Å². The zero-order chi connectivity index (χ0) is 12.6. The van der Waals surface area contributed by atoms with Crippen LogP contribution in [0.15, 0.2) is 12.7 Å². The third-order valence-electron chi connectivity index (χ3n) is 2.48. The van der Waals surface area contributed by atoms with Crippen molar-refractivity contribution in [2.24, 2.45) is 11.1 Å². The fourth-order valence-electron chi connectivity index (χ4n) is 1.21. The Hall–Kier alpha value is -0.870. The number of carbonyl (C=O) groups excluding carboxylic acids is 1. The predicted molar refractivity (Wildman–Crippen MR) is 66.1 cm³/mol. The second-order valence-corrected chi connectivity index (χ2v) is 4.76. The molecule has 1 amide bonds. The molecule has 16 heavy (non-hydrogen) atoms. The Morgan fingerprint density at radius 3 is 2.75 bits per heavy atom. The number of ether oxygens (including phenoxy) is 1. The smallest absolute Gasteiger partial charge is 0.237 e. The minimum Gasteiger partial charge on any atom is -0.385 e. The van der Waals surface area contributed by atoms with Gasteiger partial charge >= 0.3 is 0 Å². The molecule has 0 saturated heterocycles. The van der Waals surface area contributed by atoms with Gasteiger partial charge in [-0.05, 0) is 18.3 Å². The summed E-state index contributed by atoms with van der Waals surface area (Å²) in [5, 5.41) is 2.85. The summed E-state index contributed by atoms with van der Waals surface area (Å²) in [6.07, 6.45) is 3.06. The Kier molecular flexibility index (Phi) is 7.01. The summed E-state index contributed by atoms with van der Waals surface area (Å²) >= 11 is 0. The fraction of sp³-hybridized carbons (Fsp3) is 0.750. The topological polar surface area (TPSA) is 64.4 Å². The quantitative estimate of drug-likeness (QED) is 0.611. The Morgan fingerprint density at radius 1 is 1.62 bits per heavy atom. The first-order valence-corrected chi connectivity index (χ1v) is 5.56. The molecule has 0 aromatic heterocycles. The van der Waals surface area contributed by atoms with E-state index in [1.54, 1.807) is 13.2 Å². The van der Waals surface area contributed by atoms with Crippen molar-refractivity contribution >= 4 is 5.91 Å². The van der Waals surface area contributed by atoms with E-state index in [9.17, 15) is 4.79 Å². The molecule has 0 heterocycles. The monoisotopic (exact) mass is 228 g/mol. The van der Waals surface area contributed by atoms with E-state index in [-0.39, 0.29) is 11.3 Å². The number of hydrogen-bond donors (Lipinski definition) is 2. The average molecular weight is 228 g/mol. The molecule has 0 aromatic carbocycles. The third-order valence-corrected chi connectivity index (χ3v) is 2.48. The first-order chi connectivity index (χ1) is 7.43. The maximum atomic E-state index is 11.5. The van der Waals surface area contributed by atoms with Crippen LogP contribution in [0.5, 0.6) is 0 Å². The molecule has 0 spiro atoms. The molecule has 0 aliphatic heterocycles. The molecular weight excluding hydrogens is 204 g/mol. The molecule has 0 aliphatic carbocycles. The maximum Gasteiger partial charge on any atom is 0.237 e. The van der Waals surface area contributed by atoms with Gasteiger partial charge < -0.3 is 15.8 Å². The van der Waals surface area contributed by atoms with E-state index < -0.39 is 6.04 Å². The highest BCUT2D eigenvalue weighted by Crippen LogP contribution is 2.18. The summed E-state index contributed by atoms with van der Waals surface area (Å²) < 4.78 is 5.02. The lowest BCUT2D eigenvalue weighted by atomic mass is 9.89. The van der Waals surface area contributed by atoms with Gasteiger partial charge in [0, 0.05) is 20.3 Å². The van der Waals surface area contributed by atoms with Crippen molar-refractivity contribution in [1.82, 2.24) is 5.32 Å². The Bertz CT molecular complexity index is 227. The summed E-state index contributed by atoms with van der Waals surface area (Å²) in [4.78, 5) is 11.5. The van der Waals surface area contributed by atoms with E-state index in [2.05, 4.69) is 25.7 Å². The summed E-state index contributed by atoms with van der Waals surface area (Å²) in [6, 6.07) is -0.490. The summed E-state index contributed by atoms with van der Waals surface area (Å²) in [7, 11) is 1.68. The van der Waals surface area contributed by atoms with E-state index in [0.29, 0.717) is 19.6 Å². The van der Waals surface area contributed by atoms with Crippen LogP contribution >= 0.6 is 0 Å². The summed E-state index contributed by atoms with van der Waals surface area (Å²) in [5.74, 6) is -0.120. The predicted octanol–water partition coefficient (Wildman–Crippen LogP) is 1.07. The van der Waals surface area contributed by atoms with Crippen LogP contribution in [0.4, 0.5) is 0 Å². The van der Waals surface area contributed by atoms with E-state index >= 15 is 0 Å². The van der Waals surface area contributed by atoms with Gasteiger partial charge in [0.15, 0.2) is 0 Å². The summed E-state index contributed by atoms with van der Waals surface area (Å²) in [6.45, 7) is 9.04. The van der Waals surface area contributed by atoms with Gasteiger partial charge in [0.25, 0.3) is 0 Å². The molecule has 0 fully saturated rings. The number of rotatable bonds is 8. The second-order valence-electron chi connectivity index (χ2n) is 4.76. The van der Waals surface area contributed by atoms with Gasteiger partial charge in [-0.2, -0.15) is 0 Å². The van der Waals surface area contributed by atoms with Crippen LogP contribution in [0.25, 0.3) is 0 Å². The first-order valence-electron chi connectivity index (χ1n) is 5.56. The van der Waals surface area contributed by atoms with Crippen LogP contribution in [0.2, 0.25) is 0 Å². The zero-order valence-corrected chi connectivity index (χ0v) is 10.6. The highest BCUT2D eigenvalue weighted by Gasteiger charge is 2.20. The molecule has 0 radical (unpaired) electrons. The van der Waals surface area contributed by atoms with Gasteiger partial charge in [0.1, 0.15) is 0 Å². The lowest BCUT2D eigenvalue weighted by molar-refractivity contribution is -0.122. The Labute approximate surface area is 98.2 Å². The van der Waals surface area contributed by atoms with Gasteiger partial charge in [-0.15, -0.1) is 6.58 Å². The van der Waals surface area contributed by atoms with Crippen molar-refractivity contribution in [3.63, 3.8) is 0 Å². The van der Waals surface area contributed by atoms with Crippen LogP contribution < -0.4 is 11.1 Å².